The number of nitrogens with one attached hydrogen (secondary N) is 2. The number of sulfonamides is 1. The Labute approximate surface area is 231 Å². The molecule has 1 amide bonds. The first-order valence-electron chi connectivity index (χ1n) is 12.6. The van der Waals surface area contributed by atoms with E-state index < -0.39 is 57.1 Å². The number of piperazine rings is 1. The van der Waals surface area contributed by atoms with Crippen molar-refractivity contribution in [3.63, 3.8) is 0 Å². The van der Waals surface area contributed by atoms with Crippen molar-refractivity contribution in [3.05, 3.63) is 95.9 Å². The zero-order valence-electron chi connectivity index (χ0n) is 22.2. The van der Waals surface area contributed by atoms with Crippen molar-refractivity contribution in [2.75, 3.05) is 31.2 Å². The van der Waals surface area contributed by atoms with E-state index in [0.717, 1.165) is 36.7 Å². The smallest absolute Gasteiger partial charge is 0.228 e. The van der Waals surface area contributed by atoms with Crippen molar-refractivity contribution < 1.29 is 30.8 Å². The highest BCUT2D eigenvalue weighted by Gasteiger charge is 2.30. The molecule has 1 fully saturated rings. The fourth-order valence-electron chi connectivity index (χ4n) is 4.59. The minimum absolute atomic E-state index is 0.0893. The van der Waals surface area contributed by atoms with Crippen LogP contribution in [-0.2, 0) is 21.2 Å². The van der Waals surface area contributed by atoms with Crippen LogP contribution in [0.5, 0.6) is 0 Å². The van der Waals surface area contributed by atoms with Crippen molar-refractivity contribution >= 4 is 21.6 Å². The van der Waals surface area contributed by atoms with Crippen molar-refractivity contribution in [2.24, 2.45) is 5.92 Å². The zero-order valence-corrected chi connectivity index (χ0v) is 23.0. The summed E-state index contributed by atoms with van der Waals surface area (Å²) >= 11 is 0. The molecule has 12 heteroatoms. The summed E-state index contributed by atoms with van der Waals surface area (Å²) in [7, 11) is -3.46. The topological polar surface area (TPSA) is 91.4 Å². The van der Waals surface area contributed by atoms with Gasteiger partial charge < -0.3 is 10.6 Å². The second-order valence-electron chi connectivity index (χ2n) is 9.56. The van der Waals surface area contributed by atoms with E-state index in [1.165, 1.54) is 29.6 Å². The lowest BCUT2D eigenvalue weighted by Crippen LogP contribution is -2.53. The molecule has 1 aliphatic heterocycles. The number of amides is 1. The lowest BCUT2D eigenvalue weighted by Gasteiger charge is -2.34. The number of hydrogen-bond acceptors (Lipinski definition) is 5. The molecule has 0 bridgehead atoms. The minimum Gasteiger partial charge on any atom is -0.324 e. The van der Waals surface area contributed by atoms with Crippen LogP contribution in [0.15, 0.2) is 73.1 Å². The highest BCUT2D eigenvalue weighted by molar-refractivity contribution is 7.88. The van der Waals surface area contributed by atoms with Gasteiger partial charge in [-0.1, -0.05) is 25.6 Å². The molecule has 0 saturated carbocycles. The second-order valence-corrected chi connectivity index (χ2v) is 11.5. The van der Waals surface area contributed by atoms with E-state index in [1.807, 2.05) is 0 Å². The Bertz CT molecular complexity index is 1380. The van der Waals surface area contributed by atoms with E-state index in [-0.39, 0.29) is 24.1 Å². The Morgan fingerprint density at radius 2 is 1.93 bits per heavy atom. The predicted octanol–water partition coefficient (Wildman–Crippen LogP) is 4.78. The molecule has 1 unspecified atom stereocenters. The van der Waals surface area contributed by atoms with Gasteiger partial charge in [0.2, 0.25) is 15.9 Å². The van der Waals surface area contributed by atoms with Crippen LogP contribution in [0.3, 0.4) is 0 Å². The molecule has 216 valence electrons. The molecule has 0 radical (unpaired) electrons. The van der Waals surface area contributed by atoms with Crippen LogP contribution in [0.25, 0.3) is 0 Å². The highest BCUT2D eigenvalue weighted by atomic mass is 32.2. The molecule has 2 aromatic rings. The lowest BCUT2D eigenvalue weighted by molar-refractivity contribution is -0.119. The Morgan fingerprint density at radius 1 is 1.23 bits per heavy atom. The summed E-state index contributed by atoms with van der Waals surface area (Å²) in [5.74, 6) is -5.59. The summed E-state index contributed by atoms with van der Waals surface area (Å²) in [6.45, 7) is 5.94. The SMILES string of the molecule is C=C/C(F)=C\C(F)=C/C(c1ccc(F)cc1)[C@H](C)C(=O)Nc1cncc(F)c1CC[C@@H]1CNCCN1S(C)(=O)=O. The quantitative estimate of drug-likeness (QED) is 0.295. The third-order valence-electron chi connectivity index (χ3n) is 6.73. The molecule has 1 aromatic carbocycles. The Morgan fingerprint density at radius 3 is 2.58 bits per heavy atom. The first kappa shape index (κ1) is 31.2. The molecular formula is C28H32F4N4O3S. The summed E-state index contributed by atoms with van der Waals surface area (Å²) in [5, 5.41) is 5.78. The molecule has 0 aliphatic carbocycles. The largest absolute Gasteiger partial charge is 0.324 e. The van der Waals surface area contributed by atoms with E-state index in [9.17, 15) is 30.8 Å². The molecule has 1 aliphatic rings. The summed E-state index contributed by atoms with van der Waals surface area (Å²) in [5.41, 5.74) is 0.631. The van der Waals surface area contributed by atoms with Crippen LogP contribution >= 0.6 is 0 Å². The molecule has 40 heavy (non-hydrogen) atoms. The zero-order chi connectivity index (χ0) is 29.4. The second kappa shape index (κ2) is 13.8. The van der Waals surface area contributed by atoms with Crippen molar-refractivity contribution in [3.8, 4) is 0 Å². The number of aromatic nitrogens is 1. The normalized spacial score (nSPS) is 18.7. The van der Waals surface area contributed by atoms with Gasteiger partial charge in [0.05, 0.1) is 24.3 Å². The molecule has 2 heterocycles. The van der Waals surface area contributed by atoms with Crippen LogP contribution in [0.2, 0.25) is 0 Å². The van der Waals surface area contributed by atoms with Crippen LogP contribution in [-0.4, -0.2) is 55.5 Å². The Hall–Kier alpha value is -3.35. The maximum absolute atomic E-state index is 14.9. The van der Waals surface area contributed by atoms with E-state index in [1.54, 1.807) is 0 Å². The van der Waals surface area contributed by atoms with E-state index >= 15 is 0 Å². The number of carbonyl (C=O) groups is 1. The van der Waals surface area contributed by atoms with Gasteiger partial charge in [-0.05, 0) is 42.7 Å². The maximum atomic E-state index is 14.9. The molecular weight excluding hydrogens is 548 g/mol. The number of halogens is 4. The van der Waals surface area contributed by atoms with Crippen LogP contribution < -0.4 is 10.6 Å². The predicted molar refractivity (Wildman–Crippen MR) is 146 cm³/mol. The molecule has 0 spiro atoms. The number of pyridine rings is 1. The van der Waals surface area contributed by atoms with Crippen molar-refractivity contribution in [1.82, 2.24) is 14.6 Å². The average Bonchev–Trinajstić information content (AvgIpc) is 2.91. The fourth-order valence-corrected chi connectivity index (χ4v) is 5.74. The fraction of sp³-hybridized carbons (Fsp3) is 0.357. The summed E-state index contributed by atoms with van der Waals surface area (Å²) in [4.78, 5) is 17.1. The molecule has 7 nitrogen and oxygen atoms in total. The molecule has 1 saturated heterocycles. The Kier molecular flexibility index (Phi) is 10.8. The summed E-state index contributed by atoms with van der Waals surface area (Å²) in [6.07, 6.45) is 6.29. The van der Waals surface area contributed by atoms with Gasteiger partial charge in [-0.3, -0.25) is 9.78 Å². The standard InChI is InChI=1S/C28H32F4N4O3S/c1-4-20(29)13-22(31)14-25(19-5-7-21(30)8-6-19)18(2)28(37)35-27-17-34-16-26(32)24(27)10-9-23-15-33-11-12-36(23)40(3,38)39/h4-8,13-14,16-18,23,25,33H,1,9-12,15H2,2-3H3,(H,35,37)/b20-13+,22-14+/t18-,23+,25?/m0/s1. The third-order valence-corrected chi connectivity index (χ3v) is 8.06. The molecule has 3 atom stereocenters. The maximum Gasteiger partial charge on any atom is 0.228 e. The van der Waals surface area contributed by atoms with Crippen LogP contribution in [0.1, 0.15) is 30.4 Å². The van der Waals surface area contributed by atoms with Crippen molar-refractivity contribution in [1.29, 1.82) is 0 Å². The van der Waals surface area contributed by atoms with E-state index in [4.69, 9.17) is 0 Å². The van der Waals surface area contributed by atoms with Gasteiger partial charge in [-0.15, -0.1) is 0 Å². The molecule has 2 N–H and O–H groups in total. The van der Waals surface area contributed by atoms with Crippen LogP contribution in [0.4, 0.5) is 23.2 Å². The number of hydrogen-bond donors (Lipinski definition) is 2. The number of benzene rings is 1. The van der Waals surface area contributed by atoms with Crippen LogP contribution in [0, 0.1) is 17.6 Å². The van der Waals surface area contributed by atoms with Gasteiger partial charge in [-0.2, -0.15) is 4.31 Å². The number of nitrogens with zero attached hydrogens (tertiary/aromatic N) is 2. The molecule has 1 aromatic heterocycles. The van der Waals surface area contributed by atoms with Gasteiger partial charge in [-0.25, -0.2) is 26.0 Å². The van der Waals surface area contributed by atoms with Crippen molar-refractivity contribution in [2.45, 2.75) is 31.7 Å². The number of rotatable bonds is 11. The average molecular weight is 581 g/mol. The van der Waals surface area contributed by atoms with Gasteiger partial charge in [0.15, 0.2) is 0 Å². The van der Waals surface area contributed by atoms with E-state index in [2.05, 4.69) is 22.2 Å². The van der Waals surface area contributed by atoms with Gasteiger partial charge >= 0.3 is 0 Å². The Balaban J connectivity index is 1.85. The van der Waals surface area contributed by atoms with Gasteiger partial charge in [0, 0.05) is 49.2 Å². The monoisotopic (exact) mass is 580 g/mol. The third kappa shape index (κ3) is 8.33. The summed E-state index contributed by atoms with van der Waals surface area (Å²) < 4.78 is 82.3. The van der Waals surface area contributed by atoms with Gasteiger partial charge in [0.1, 0.15) is 23.3 Å². The number of allylic oxidation sites excluding steroid dienone is 5. The summed E-state index contributed by atoms with van der Waals surface area (Å²) in [6, 6.07) is 4.70. The first-order valence-corrected chi connectivity index (χ1v) is 14.5. The highest BCUT2D eigenvalue weighted by Crippen LogP contribution is 2.31. The van der Waals surface area contributed by atoms with E-state index in [0.29, 0.717) is 31.3 Å². The number of carbonyl (C=O) groups excluding carboxylic acids is 1. The number of anilines is 1. The lowest BCUT2D eigenvalue weighted by atomic mass is 9.85. The minimum atomic E-state index is -3.46. The molecule has 3 rings (SSSR count). The van der Waals surface area contributed by atoms with Gasteiger partial charge in [0.25, 0.3) is 0 Å². The first-order chi connectivity index (χ1) is 18.9.